The Labute approximate surface area is 97.9 Å². The van der Waals surface area contributed by atoms with Crippen LogP contribution in [0.15, 0.2) is 36.5 Å². The van der Waals surface area contributed by atoms with Crippen molar-refractivity contribution in [2.24, 2.45) is 0 Å². The van der Waals surface area contributed by atoms with E-state index in [9.17, 15) is 4.79 Å². The lowest BCUT2D eigenvalue weighted by atomic mass is 10.2. The molecule has 4 heteroatoms. The fourth-order valence-corrected chi connectivity index (χ4v) is 1.90. The first kappa shape index (κ1) is 10.8. The van der Waals surface area contributed by atoms with Crippen LogP contribution in [0.3, 0.4) is 0 Å². The van der Waals surface area contributed by atoms with E-state index in [-0.39, 0.29) is 5.69 Å². The Hall–Kier alpha value is -1.74. The van der Waals surface area contributed by atoms with Gasteiger partial charge < -0.3 is 9.67 Å². The van der Waals surface area contributed by atoms with Crippen LogP contribution in [0.2, 0.25) is 5.02 Å². The Morgan fingerprint density at radius 3 is 2.75 bits per heavy atom. The van der Waals surface area contributed by atoms with E-state index in [0.29, 0.717) is 10.7 Å². The van der Waals surface area contributed by atoms with Crippen molar-refractivity contribution >= 4 is 17.6 Å². The molecule has 0 aliphatic heterocycles. The summed E-state index contributed by atoms with van der Waals surface area (Å²) in [5.74, 6) is -0.971. The van der Waals surface area contributed by atoms with E-state index in [1.165, 1.54) is 0 Å². The fraction of sp³-hybridized carbons (Fsp3) is 0.0833. The lowest BCUT2D eigenvalue weighted by Gasteiger charge is -2.08. The zero-order valence-corrected chi connectivity index (χ0v) is 9.40. The standard InChI is InChI=1S/C12H10ClNO2/c1-8-4-5-10(9(13)7-8)14-6-2-3-11(14)12(15)16/h2-7H,1H3,(H,15,16). The Bertz CT molecular complexity index is 546. The van der Waals surface area contributed by atoms with Gasteiger partial charge in [-0.15, -0.1) is 0 Å². The highest BCUT2D eigenvalue weighted by Gasteiger charge is 2.12. The molecule has 0 aliphatic carbocycles. The summed E-state index contributed by atoms with van der Waals surface area (Å²) in [5.41, 5.74) is 1.92. The number of carboxylic acid groups (broad SMARTS) is 1. The molecule has 0 radical (unpaired) electrons. The predicted octanol–water partition coefficient (Wildman–Crippen LogP) is 3.14. The van der Waals surface area contributed by atoms with Gasteiger partial charge in [0, 0.05) is 6.20 Å². The Morgan fingerprint density at radius 1 is 1.38 bits per heavy atom. The molecule has 2 rings (SSSR count). The van der Waals surface area contributed by atoms with Crippen molar-refractivity contribution in [3.05, 3.63) is 52.8 Å². The first-order valence-electron chi connectivity index (χ1n) is 4.77. The molecule has 1 heterocycles. The van der Waals surface area contributed by atoms with E-state index in [2.05, 4.69) is 0 Å². The molecule has 1 aromatic heterocycles. The van der Waals surface area contributed by atoms with Gasteiger partial charge in [0.1, 0.15) is 5.69 Å². The third-order valence-electron chi connectivity index (χ3n) is 2.33. The number of rotatable bonds is 2. The topological polar surface area (TPSA) is 42.2 Å². The van der Waals surface area contributed by atoms with Crippen LogP contribution < -0.4 is 0 Å². The van der Waals surface area contributed by atoms with Gasteiger partial charge >= 0.3 is 5.97 Å². The number of aromatic carboxylic acids is 1. The fourth-order valence-electron chi connectivity index (χ4n) is 1.57. The minimum absolute atomic E-state index is 0.200. The molecule has 0 aliphatic rings. The van der Waals surface area contributed by atoms with E-state index in [1.54, 1.807) is 22.9 Å². The summed E-state index contributed by atoms with van der Waals surface area (Å²) in [6.07, 6.45) is 1.68. The van der Waals surface area contributed by atoms with Crippen LogP contribution in [0.5, 0.6) is 0 Å². The van der Waals surface area contributed by atoms with E-state index < -0.39 is 5.97 Å². The number of benzene rings is 1. The van der Waals surface area contributed by atoms with Crippen LogP contribution in [0.25, 0.3) is 5.69 Å². The van der Waals surface area contributed by atoms with Crippen LogP contribution in [-0.2, 0) is 0 Å². The van der Waals surface area contributed by atoms with Crippen LogP contribution in [0.1, 0.15) is 16.1 Å². The SMILES string of the molecule is Cc1ccc(-n2cccc2C(=O)O)c(Cl)c1. The van der Waals surface area contributed by atoms with E-state index >= 15 is 0 Å². The molecule has 0 atom stereocenters. The maximum Gasteiger partial charge on any atom is 0.352 e. The normalized spacial score (nSPS) is 10.4. The van der Waals surface area contributed by atoms with Crippen molar-refractivity contribution in [1.29, 1.82) is 0 Å². The van der Waals surface area contributed by atoms with Crippen molar-refractivity contribution in [3.63, 3.8) is 0 Å². The van der Waals surface area contributed by atoms with Crippen molar-refractivity contribution in [2.45, 2.75) is 6.92 Å². The van der Waals surface area contributed by atoms with Gasteiger partial charge in [0.2, 0.25) is 0 Å². The van der Waals surface area contributed by atoms with Crippen LogP contribution in [-0.4, -0.2) is 15.6 Å². The van der Waals surface area contributed by atoms with Crippen molar-refractivity contribution in [2.75, 3.05) is 0 Å². The molecule has 0 amide bonds. The second-order valence-electron chi connectivity index (χ2n) is 3.52. The molecule has 16 heavy (non-hydrogen) atoms. The van der Waals surface area contributed by atoms with E-state index in [1.807, 2.05) is 25.1 Å². The summed E-state index contributed by atoms with van der Waals surface area (Å²) in [4.78, 5) is 11.0. The lowest BCUT2D eigenvalue weighted by molar-refractivity contribution is 0.0688. The first-order chi connectivity index (χ1) is 7.59. The van der Waals surface area contributed by atoms with Gasteiger partial charge in [-0.05, 0) is 36.8 Å². The van der Waals surface area contributed by atoms with E-state index in [0.717, 1.165) is 5.56 Å². The molecule has 1 aromatic carbocycles. The van der Waals surface area contributed by atoms with Crippen LogP contribution in [0.4, 0.5) is 0 Å². The summed E-state index contributed by atoms with van der Waals surface area (Å²) in [6, 6.07) is 8.73. The molecule has 82 valence electrons. The second-order valence-corrected chi connectivity index (χ2v) is 3.93. The maximum atomic E-state index is 11.0. The molecular formula is C12H10ClNO2. The van der Waals surface area contributed by atoms with Crippen molar-refractivity contribution < 1.29 is 9.90 Å². The molecule has 0 spiro atoms. The van der Waals surface area contributed by atoms with Gasteiger partial charge in [0.05, 0.1) is 10.7 Å². The minimum atomic E-state index is -0.971. The summed E-state index contributed by atoms with van der Waals surface area (Å²) >= 11 is 6.08. The number of carbonyl (C=O) groups is 1. The monoisotopic (exact) mass is 235 g/mol. The highest BCUT2D eigenvalue weighted by Crippen LogP contribution is 2.23. The van der Waals surface area contributed by atoms with Crippen LogP contribution >= 0.6 is 11.6 Å². The number of aryl methyl sites for hydroxylation is 1. The first-order valence-corrected chi connectivity index (χ1v) is 5.14. The molecule has 2 aromatic rings. The highest BCUT2D eigenvalue weighted by molar-refractivity contribution is 6.32. The highest BCUT2D eigenvalue weighted by atomic mass is 35.5. The molecular weight excluding hydrogens is 226 g/mol. The largest absolute Gasteiger partial charge is 0.477 e. The van der Waals surface area contributed by atoms with Gasteiger partial charge in [-0.3, -0.25) is 0 Å². The number of hydrogen-bond donors (Lipinski definition) is 1. The Morgan fingerprint density at radius 2 is 2.12 bits per heavy atom. The van der Waals surface area contributed by atoms with Crippen LogP contribution in [0, 0.1) is 6.92 Å². The molecule has 0 saturated carbocycles. The lowest BCUT2D eigenvalue weighted by Crippen LogP contribution is -2.06. The van der Waals surface area contributed by atoms with E-state index in [4.69, 9.17) is 16.7 Å². The number of halogens is 1. The van der Waals surface area contributed by atoms with Gasteiger partial charge in [-0.2, -0.15) is 0 Å². The summed E-state index contributed by atoms with van der Waals surface area (Å²) in [7, 11) is 0. The molecule has 1 N–H and O–H groups in total. The van der Waals surface area contributed by atoms with Gasteiger partial charge in [-0.1, -0.05) is 17.7 Å². The predicted molar refractivity (Wildman–Crippen MR) is 62.5 cm³/mol. The molecule has 0 bridgehead atoms. The zero-order chi connectivity index (χ0) is 11.7. The Kier molecular flexibility index (Phi) is 2.71. The van der Waals surface area contributed by atoms with Gasteiger partial charge in [0.25, 0.3) is 0 Å². The summed E-state index contributed by atoms with van der Waals surface area (Å²) in [5, 5.41) is 9.54. The number of carboxylic acids is 1. The third kappa shape index (κ3) is 1.82. The van der Waals surface area contributed by atoms with Gasteiger partial charge in [0.15, 0.2) is 0 Å². The summed E-state index contributed by atoms with van der Waals surface area (Å²) in [6.45, 7) is 1.93. The summed E-state index contributed by atoms with van der Waals surface area (Å²) < 4.78 is 1.56. The maximum absolute atomic E-state index is 11.0. The number of nitrogens with zero attached hydrogens (tertiary/aromatic N) is 1. The average molecular weight is 236 g/mol. The quantitative estimate of drug-likeness (QED) is 0.869. The third-order valence-corrected chi connectivity index (χ3v) is 2.63. The molecule has 0 fully saturated rings. The smallest absolute Gasteiger partial charge is 0.352 e. The van der Waals surface area contributed by atoms with Crippen molar-refractivity contribution in [3.8, 4) is 5.69 Å². The minimum Gasteiger partial charge on any atom is -0.477 e. The molecule has 0 unspecified atom stereocenters. The number of aromatic nitrogens is 1. The van der Waals surface area contributed by atoms with Crippen molar-refractivity contribution in [1.82, 2.24) is 4.57 Å². The second kappa shape index (κ2) is 4.02. The average Bonchev–Trinajstić information content (AvgIpc) is 2.66. The number of hydrogen-bond acceptors (Lipinski definition) is 1. The Balaban J connectivity index is 2.59. The zero-order valence-electron chi connectivity index (χ0n) is 8.64. The van der Waals surface area contributed by atoms with Gasteiger partial charge in [-0.25, -0.2) is 4.79 Å². The molecule has 3 nitrogen and oxygen atoms in total. The molecule has 0 saturated heterocycles.